The number of hydrogen-bond acceptors (Lipinski definition) is 2. The summed E-state index contributed by atoms with van der Waals surface area (Å²) in [6.07, 6.45) is 0. The van der Waals surface area contributed by atoms with Crippen LogP contribution in [0.3, 0.4) is 0 Å². The Hall–Kier alpha value is -4.04. The van der Waals surface area contributed by atoms with Gasteiger partial charge >= 0.3 is 27.7 Å². The van der Waals surface area contributed by atoms with Crippen molar-refractivity contribution in [3.63, 3.8) is 0 Å². The minimum atomic E-state index is -0.331. The molecule has 0 aliphatic heterocycles. The molecule has 41 heavy (non-hydrogen) atoms. The van der Waals surface area contributed by atoms with Crippen molar-refractivity contribution >= 4 is 26.4 Å². The van der Waals surface area contributed by atoms with Gasteiger partial charge in [-0.3, -0.25) is 0 Å². The number of rotatable bonds is 0. The molecule has 0 saturated heterocycles. The number of hydrogen-bond donors (Lipinski definition) is 2. The summed E-state index contributed by atoms with van der Waals surface area (Å²) in [4.78, 5) is 1.88. The third kappa shape index (κ3) is 11.5. The zero-order chi connectivity index (χ0) is 30.4. The molecule has 0 atom stereocenters. The van der Waals surface area contributed by atoms with E-state index in [-0.39, 0.29) is 23.1 Å². The van der Waals surface area contributed by atoms with E-state index in [1.165, 1.54) is 92.3 Å². The third-order valence-corrected chi connectivity index (χ3v) is 6.16. The number of fused-ring (bicyclic) bond motifs is 2. The molecule has 0 amide bonds. The Kier molecular flexibility index (Phi) is 13.7. The zero-order valence-corrected chi connectivity index (χ0v) is 25.3. The van der Waals surface area contributed by atoms with Gasteiger partial charge in [0.05, 0.1) is 0 Å². The van der Waals surface area contributed by atoms with Gasteiger partial charge in [0.25, 0.3) is 0 Å². The van der Waals surface area contributed by atoms with E-state index < -0.39 is 0 Å². The van der Waals surface area contributed by atoms with Crippen LogP contribution in [0.2, 0.25) is 0 Å². The molecule has 0 heterocycles. The van der Waals surface area contributed by atoms with Gasteiger partial charge in [-0.15, -0.1) is 57.9 Å². The second-order valence-corrected chi connectivity index (χ2v) is 10.1. The van der Waals surface area contributed by atoms with Crippen LogP contribution >= 0.6 is 0 Å². The third-order valence-electron chi connectivity index (χ3n) is 6.16. The summed E-state index contributed by atoms with van der Waals surface area (Å²) in [5, 5.41) is 22.6. The SMILES string of the molecule is C[CH]=[Cr].Cc1cc2cc[cH-]c2cc1C.Cc1cc2cc[cH-]c2cc1C.Oc1ccc(F)cc1.Oc1ccc(F)cc1. The Morgan fingerprint density at radius 1 is 0.561 bits per heavy atom. The van der Waals surface area contributed by atoms with Gasteiger partial charge in [0.15, 0.2) is 0 Å². The van der Waals surface area contributed by atoms with Crippen molar-refractivity contribution in [3.8, 4) is 11.5 Å². The summed E-state index contributed by atoms with van der Waals surface area (Å²) in [7, 11) is 0. The van der Waals surface area contributed by atoms with Crippen molar-refractivity contribution in [2.45, 2.75) is 34.6 Å². The molecule has 0 unspecified atom stereocenters. The van der Waals surface area contributed by atoms with E-state index in [9.17, 15) is 8.78 Å². The number of phenolic OH excluding ortho intramolecular Hbond substituents is 2. The van der Waals surface area contributed by atoms with E-state index in [4.69, 9.17) is 10.2 Å². The molecule has 0 aliphatic carbocycles. The van der Waals surface area contributed by atoms with Crippen LogP contribution in [0.4, 0.5) is 8.78 Å². The van der Waals surface area contributed by atoms with Crippen LogP contribution in [0.15, 0.2) is 109 Å². The zero-order valence-electron chi connectivity index (χ0n) is 24.0. The van der Waals surface area contributed by atoms with Crippen molar-refractivity contribution in [2.75, 3.05) is 0 Å². The van der Waals surface area contributed by atoms with Crippen LogP contribution in [0, 0.1) is 39.3 Å². The smallest absolute Gasteiger partial charge is 0.123 e. The molecular weight excluding hydrogens is 554 g/mol. The molecule has 2 nitrogen and oxygen atoms in total. The molecule has 0 fully saturated rings. The van der Waals surface area contributed by atoms with E-state index in [1.54, 1.807) is 0 Å². The number of aryl methyl sites for hydroxylation is 4. The Morgan fingerprint density at radius 2 is 0.854 bits per heavy atom. The van der Waals surface area contributed by atoms with Gasteiger partial charge in [-0.1, -0.05) is 22.3 Å². The molecular formula is C36H36CrF2O2-2. The van der Waals surface area contributed by atoms with Gasteiger partial charge in [-0.2, -0.15) is 24.3 Å². The maximum Gasteiger partial charge on any atom is 0.123 e. The number of phenols is 2. The molecule has 2 N–H and O–H groups in total. The average Bonchev–Trinajstić information content (AvgIpc) is 3.58. The molecule has 0 bridgehead atoms. The van der Waals surface area contributed by atoms with Crippen LogP contribution in [0.1, 0.15) is 29.2 Å². The van der Waals surface area contributed by atoms with Crippen LogP contribution in [-0.4, -0.2) is 15.1 Å². The maximum absolute atomic E-state index is 12.0. The molecule has 6 aromatic rings. The number of aromatic hydroxyl groups is 2. The largest absolute Gasteiger partial charge is 0.508 e. The summed E-state index contributed by atoms with van der Waals surface area (Å²) >= 11 is 2.68. The van der Waals surface area contributed by atoms with Gasteiger partial charge in [0.2, 0.25) is 0 Å². The molecule has 0 aromatic heterocycles. The summed E-state index contributed by atoms with van der Waals surface area (Å²) in [6, 6.07) is 31.8. The standard InChI is InChI=1S/2C11H11.2C6H5FO.C2H4.Cr/c2*1-8-6-10-4-3-5-11(10)7-9(8)2;2*7-5-1-3-6(8)4-2-5;1-2;/h2*3-7H,1-2H3;2*1-4,8H;1H,2H3;/q2*-1;;;;. The van der Waals surface area contributed by atoms with Crippen molar-refractivity contribution in [1.29, 1.82) is 0 Å². The molecule has 0 spiro atoms. The van der Waals surface area contributed by atoms with E-state index >= 15 is 0 Å². The summed E-state index contributed by atoms with van der Waals surface area (Å²) < 4.78 is 24.0. The Morgan fingerprint density at radius 3 is 1.15 bits per heavy atom. The van der Waals surface area contributed by atoms with Gasteiger partial charge < -0.3 is 10.2 Å². The van der Waals surface area contributed by atoms with E-state index in [2.05, 4.69) is 104 Å². The Balaban J connectivity index is 0.000000187. The van der Waals surface area contributed by atoms with Crippen LogP contribution in [0.5, 0.6) is 11.5 Å². The van der Waals surface area contributed by atoms with Crippen LogP contribution < -0.4 is 0 Å². The minimum absolute atomic E-state index is 0.0893. The monoisotopic (exact) mass is 590 g/mol. The summed E-state index contributed by atoms with van der Waals surface area (Å²) in [6.45, 7) is 10.6. The van der Waals surface area contributed by atoms with Crippen molar-refractivity contribution in [1.82, 2.24) is 0 Å². The predicted octanol–water partition coefficient (Wildman–Crippen LogP) is 9.77. The van der Waals surface area contributed by atoms with E-state index in [0.717, 1.165) is 0 Å². The summed E-state index contributed by atoms with van der Waals surface area (Å²) in [5.74, 6) is -0.483. The van der Waals surface area contributed by atoms with Gasteiger partial charge in [-0.25, -0.2) is 8.78 Å². The average molecular weight is 591 g/mol. The maximum atomic E-state index is 12.0. The quantitative estimate of drug-likeness (QED) is 0.173. The van der Waals surface area contributed by atoms with Crippen molar-refractivity contribution in [2.24, 2.45) is 0 Å². The van der Waals surface area contributed by atoms with Crippen molar-refractivity contribution in [3.05, 3.63) is 143 Å². The molecule has 6 aromatic carbocycles. The molecule has 0 saturated carbocycles. The van der Waals surface area contributed by atoms with Crippen LogP contribution in [-0.2, 0) is 15.9 Å². The first kappa shape index (κ1) is 33.2. The van der Waals surface area contributed by atoms with E-state index in [0.29, 0.717) is 0 Å². The topological polar surface area (TPSA) is 40.5 Å². The molecule has 5 heteroatoms. The molecule has 0 aliphatic rings. The fourth-order valence-electron chi connectivity index (χ4n) is 3.69. The fourth-order valence-corrected chi connectivity index (χ4v) is 3.69. The Labute approximate surface area is 249 Å². The van der Waals surface area contributed by atoms with E-state index in [1.807, 2.05) is 11.8 Å². The van der Waals surface area contributed by atoms with Gasteiger partial charge in [-0.05, 0) is 76.2 Å². The first-order valence-electron chi connectivity index (χ1n) is 13.1. The molecule has 0 radical (unpaired) electrons. The second-order valence-electron chi connectivity index (χ2n) is 9.37. The van der Waals surface area contributed by atoms with Gasteiger partial charge in [0.1, 0.15) is 23.1 Å². The Bertz CT molecular complexity index is 1390. The molecule has 214 valence electrons. The normalized spacial score (nSPS) is 9.63. The summed E-state index contributed by atoms with van der Waals surface area (Å²) in [5.41, 5.74) is 5.51. The first-order valence-corrected chi connectivity index (χ1v) is 13.8. The van der Waals surface area contributed by atoms with Gasteiger partial charge in [0, 0.05) is 0 Å². The second kappa shape index (κ2) is 16.9. The predicted molar refractivity (Wildman–Crippen MR) is 166 cm³/mol. The first-order chi connectivity index (χ1) is 19.5. The minimum Gasteiger partial charge on any atom is -0.508 e. The fraction of sp³-hybridized carbons (Fsp3) is 0.139. The molecule has 6 rings (SSSR count). The number of benzene rings is 4. The number of halogens is 2. The van der Waals surface area contributed by atoms with Crippen LogP contribution in [0.25, 0.3) is 21.5 Å². The van der Waals surface area contributed by atoms with Crippen molar-refractivity contribution < 1.29 is 34.8 Å².